The molecule has 0 aliphatic carbocycles. The summed E-state index contributed by atoms with van der Waals surface area (Å²) in [7, 11) is 5.34. The molecule has 0 bridgehead atoms. The summed E-state index contributed by atoms with van der Waals surface area (Å²) in [5.74, 6) is -0.186. The summed E-state index contributed by atoms with van der Waals surface area (Å²) in [5.41, 5.74) is 7.22. The summed E-state index contributed by atoms with van der Waals surface area (Å²) in [4.78, 5) is 2.02. The average Bonchev–Trinajstić information content (AvgIpc) is 2.81. The second kappa shape index (κ2) is 6.38. The standard InChI is InChI=1S/C12H16FIN4S/c1-17(2)9(6-15)5-8-3-4-11-10(12(8)13)7-16-18(11)19-14/h3-4,7,9H,5-6,15H2,1-2H3. The van der Waals surface area contributed by atoms with E-state index in [1.807, 2.05) is 31.1 Å². The smallest absolute Gasteiger partial charge is 0.137 e. The predicted octanol–water partition coefficient (Wildman–Crippen LogP) is 2.45. The quantitative estimate of drug-likeness (QED) is 0.792. The summed E-state index contributed by atoms with van der Waals surface area (Å²) < 4.78 is 16.2. The third-order valence-corrected chi connectivity index (χ3v) is 4.80. The van der Waals surface area contributed by atoms with Gasteiger partial charge in [0.15, 0.2) is 0 Å². The van der Waals surface area contributed by atoms with Gasteiger partial charge in [0.1, 0.15) is 5.82 Å². The number of halogens is 2. The fraction of sp³-hybridized carbons (Fsp3) is 0.417. The van der Waals surface area contributed by atoms with Crippen molar-refractivity contribution in [3.8, 4) is 0 Å². The Labute approximate surface area is 128 Å². The average molecular weight is 394 g/mol. The topological polar surface area (TPSA) is 47.1 Å². The molecule has 0 saturated carbocycles. The van der Waals surface area contributed by atoms with Crippen LogP contribution in [-0.4, -0.2) is 40.8 Å². The van der Waals surface area contributed by atoms with E-state index in [1.165, 1.54) is 9.12 Å². The van der Waals surface area contributed by atoms with Crippen LogP contribution in [0.5, 0.6) is 0 Å². The first-order chi connectivity index (χ1) is 9.08. The van der Waals surface area contributed by atoms with E-state index in [-0.39, 0.29) is 11.9 Å². The van der Waals surface area contributed by atoms with Gasteiger partial charge in [-0.15, -0.1) is 0 Å². The van der Waals surface area contributed by atoms with Crippen LogP contribution in [0.2, 0.25) is 0 Å². The molecule has 19 heavy (non-hydrogen) atoms. The number of nitrogens with two attached hydrogens (primary N) is 1. The van der Waals surface area contributed by atoms with E-state index in [0.29, 0.717) is 23.9 Å². The molecule has 1 aromatic heterocycles. The Morgan fingerprint density at radius 3 is 2.84 bits per heavy atom. The summed E-state index contributed by atoms with van der Waals surface area (Å²) in [6.07, 6.45) is 2.18. The van der Waals surface area contributed by atoms with E-state index < -0.39 is 0 Å². The number of hydrogen-bond acceptors (Lipinski definition) is 4. The summed E-state index contributed by atoms with van der Waals surface area (Å²) in [6.45, 7) is 0.507. The molecule has 1 heterocycles. The molecule has 0 saturated heterocycles. The minimum Gasteiger partial charge on any atom is -0.329 e. The fourth-order valence-corrected chi connectivity index (χ4v) is 3.29. The molecule has 4 nitrogen and oxygen atoms in total. The van der Waals surface area contributed by atoms with Crippen LogP contribution in [0.4, 0.5) is 4.39 Å². The van der Waals surface area contributed by atoms with Gasteiger partial charge in [-0.05, 0) is 32.1 Å². The number of benzene rings is 1. The minimum atomic E-state index is -0.186. The molecule has 0 aliphatic rings. The van der Waals surface area contributed by atoms with E-state index >= 15 is 0 Å². The first-order valence-corrected chi connectivity index (χ1v) is 9.20. The molecule has 2 N–H and O–H groups in total. The van der Waals surface area contributed by atoms with Crippen LogP contribution in [0.3, 0.4) is 0 Å². The lowest BCUT2D eigenvalue weighted by atomic mass is 10.0. The molecule has 104 valence electrons. The lowest BCUT2D eigenvalue weighted by molar-refractivity contribution is 0.296. The highest BCUT2D eigenvalue weighted by atomic mass is 127. The number of aromatic nitrogens is 2. The third-order valence-electron chi connectivity index (χ3n) is 3.26. The molecular formula is C12H16FIN4S. The Hall–Kier alpha value is -0.380. The van der Waals surface area contributed by atoms with Crippen molar-refractivity contribution in [3.63, 3.8) is 0 Å². The zero-order valence-electron chi connectivity index (χ0n) is 10.8. The lowest BCUT2D eigenvalue weighted by Gasteiger charge is -2.22. The molecule has 1 atom stereocenters. The monoisotopic (exact) mass is 394 g/mol. The molecule has 1 aromatic carbocycles. The summed E-state index contributed by atoms with van der Waals surface area (Å²) in [6, 6.07) is 3.88. The number of hydrogen-bond donors (Lipinski definition) is 1. The summed E-state index contributed by atoms with van der Waals surface area (Å²) >= 11 is 2.12. The number of nitrogens with zero attached hydrogens (tertiary/aromatic N) is 3. The van der Waals surface area contributed by atoms with E-state index in [4.69, 9.17) is 5.73 Å². The van der Waals surface area contributed by atoms with E-state index in [1.54, 1.807) is 10.3 Å². The maximum atomic E-state index is 14.5. The van der Waals surface area contributed by atoms with Gasteiger partial charge >= 0.3 is 0 Å². The highest BCUT2D eigenvalue weighted by molar-refractivity contribution is 14.2. The second-order valence-corrected chi connectivity index (χ2v) is 6.28. The van der Waals surface area contributed by atoms with E-state index in [0.717, 1.165) is 5.52 Å². The van der Waals surface area contributed by atoms with Gasteiger partial charge in [-0.2, -0.15) is 9.19 Å². The zero-order valence-corrected chi connectivity index (χ0v) is 13.8. The van der Waals surface area contributed by atoms with Crippen LogP contribution in [-0.2, 0) is 6.42 Å². The van der Waals surface area contributed by atoms with Gasteiger partial charge in [0.25, 0.3) is 0 Å². The number of likely N-dealkylation sites (N-methyl/N-ethyl adjacent to an activating group) is 1. The Morgan fingerprint density at radius 1 is 1.53 bits per heavy atom. The molecule has 0 fully saturated rings. The molecule has 0 spiro atoms. The molecule has 1 unspecified atom stereocenters. The second-order valence-electron chi connectivity index (χ2n) is 4.62. The van der Waals surface area contributed by atoms with Gasteiger partial charge in [-0.25, -0.2) is 4.39 Å². The third kappa shape index (κ3) is 3.04. The van der Waals surface area contributed by atoms with Crippen LogP contribution in [0.15, 0.2) is 18.3 Å². The van der Waals surface area contributed by atoms with Crippen LogP contribution in [0, 0.1) is 5.82 Å². The van der Waals surface area contributed by atoms with Crippen molar-refractivity contribution < 1.29 is 4.39 Å². The Bertz CT molecular complexity index is 572. The van der Waals surface area contributed by atoms with Crippen molar-refractivity contribution in [3.05, 3.63) is 29.7 Å². The van der Waals surface area contributed by atoms with Gasteiger partial charge in [0.05, 0.1) is 17.1 Å². The molecule has 0 aliphatic heterocycles. The lowest BCUT2D eigenvalue weighted by Crippen LogP contribution is -2.37. The molecule has 7 heteroatoms. The maximum absolute atomic E-state index is 14.5. The molecule has 0 amide bonds. The predicted molar refractivity (Wildman–Crippen MR) is 86.9 cm³/mol. The Kier molecular flexibility index (Phi) is 5.04. The van der Waals surface area contributed by atoms with Crippen LogP contribution in [0.25, 0.3) is 10.9 Å². The normalized spacial score (nSPS) is 13.4. The summed E-state index contributed by atoms with van der Waals surface area (Å²) in [5, 5.41) is 4.71. The van der Waals surface area contributed by atoms with Gasteiger partial charge in [0.2, 0.25) is 0 Å². The van der Waals surface area contributed by atoms with E-state index in [2.05, 4.69) is 26.3 Å². The Balaban J connectivity index is 2.37. The van der Waals surface area contributed by atoms with Crippen molar-refractivity contribution in [2.24, 2.45) is 5.73 Å². The molecule has 0 radical (unpaired) electrons. The Morgan fingerprint density at radius 2 is 2.26 bits per heavy atom. The van der Waals surface area contributed by atoms with E-state index in [9.17, 15) is 4.39 Å². The van der Waals surface area contributed by atoms with Gasteiger partial charge < -0.3 is 10.6 Å². The largest absolute Gasteiger partial charge is 0.329 e. The van der Waals surface area contributed by atoms with Gasteiger partial charge in [-0.1, -0.05) is 6.07 Å². The van der Waals surface area contributed by atoms with Crippen LogP contribution >= 0.6 is 30.3 Å². The number of fused-ring (bicyclic) bond motifs is 1. The fourth-order valence-electron chi connectivity index (χ4n) is 2.03. The van der Waals surface area contributed by atoms with Gasteiger partial charge in [-0.3, -0.25) is 0 Å². The SMILES string of the molecule is CN(C)C(CN)Cc1ccc2c(cnn2SI)c1F. The molecular weight excluding hydrogens is 378 g/mol. The van der Waals surface area contributed by atoms with Crippen molar-refractivity contribution in [1.82, 2.24) is 14.1 Å². The highest BCUT2D eigenvalue weighted by Gasteiger charge is 2.16. The van der Waals surface area contributed by atoms with Crippen molar-refractivity contribution in [2.75, 3.05) is 20.6 Å². The van der Waals surface area contributed by atoms with Crippen molar-refractivity contribution in [2.45, 2.75) is 12.5 Å². The van der Waals surface area contributed by atoms with Crippen molar-refractivity contribution in [1.29, 1.82) is 0 Å². The highest BCUT2D eigenvalue weighted by Crippen LogP contribution is 2.26. The van der Waals surface area contributed by atoms with Gasteiger partial charge in [0, 0.05) is 42.9 Å². The van der Waals surface area contributed by atoms with Crippen molar-refractivity contribution >= 4 is 41.2 Å². The minimum absolute atomic E-state index is 0.140. The first-order valence-electron chi connectivity index (χ1n) is 5.89. The zero-order chi connectivity index (χ0) is 14.0. The molecule has 2 aromatic rings. The van der Waals surface area contributed by atoms with Crippen LogP contribution < -0.4 is 5.73 Å². The van der Waals surface area contributed by atoms with Crippen LogP contribution in [0.1, 0.15) is 5.56 Å². The first kappa shape index (κ1) is 15.0. The number of rotatable bonds is 5. The maximum Gasteiger partial charge on any atom is 0.137 e. The molecule has 2 rings (SSSR count).